The van der Waals surface area contributed by atoms with E-state index in [0.717, 1.165) is 43.2 Å². The zero-order valence-corrected chi connectivity index (χ0v) is 15.0. The van der Waals surface area contributed by atoms with Crippen LogP contribution in [0.5, 0.6) is 0 Å². The van der Waals surface area contributed by atoms with Gasteiger partial charge in [0.15, 0.2) is 5.82 Å². The lowest BCUT2D eigenvalue weighted by Gasteiger charge is -2.45. The molecule has 2 fully saturated rings. The number of rotatable bonds is 6. The number of piperidine rings is 2. The summed E-state index contributed by atoms with van der Waals surface area (Å²) in [6, 6.07) is 0.807. The fourth-order valence-electron chi connectivity index (χ4n) is 4.28. The summed E-state index contributed by atoms with van der Waals surface area (Å²) < 4.78 is 5.36. The van der Waals surface area contributed by atoms with Crippen LogP contribution in [0.4, 0.5) is 0 Å². The van der Waals surface area contributed by atoms with Crippen molar-refractivity contribution in [2.75, 3.05) is 26.7 Å². The Kier molecular flexibility index (Phi) is 5.70. The molecule has 0 spiro atoms. The molecule has 0 bridgehead atoms. The molecule has 0 N–H and O–H groups in total. The van der Waals surface area contributed by atoms with Gasteiger partial charge >= 0.3 is 0 Å². The molecule has 5 nitrogen and oxygen atoms in total. The van der Waals surface area contributed by atoms with Crippen LogP contribution in [0.15, 0.2) is 4.52 Å². The molecular formula is C18H32N4O. The Morgan fingerprint density at radius 1 is 1.22 bits per heavy atom. The minimum Gasteiger partial charge on any atom is -0.339 e. The molecule has 2 atom stereocenters. The predicted octanol–water partition coefficient (Wildman–Crippen LogP) is 2.96. The first kappa shape index (κ1) is 16.9. The van der Waals surface area contributed by atoms with Crippen molar-refractivity contribution in [2.24, 2.45) is 11.8 Å². The molecule has 3 heterocycles. The predicted molar refractivity (Wildman–Crippen MR) is 91.1 cm³/mol. The molecule has 3 rings (SSSR count). The number of hydrogen-bond acceptors (Lipinski definition) is 5. The van der Waals surface area contributed by atoms with E-state index in [9.17, 15) is 0 Å². The second-order valence-corrected chi connectivity index (χ2v) is 7.90. The summed E-state index contributed by atoms with van der Waals surface area (Å²) in [4.78, 5) is 9.65. The van der Waals surface area contributed by atoms with E-state index in [1.807, 2.05) is 0 Å². The van der Waals surface area contributed by atoms with Gasteiger partial charge in [0.25, 0.3) is 0 Å². The summed E-state index contributed by atoms with van der Waals surface area (Å²) in [6.07, 6.45) is 7.78. The highest BCUT2D eigenvalue weighted by Crippen LogP contribution is 2.31. The maximum Gasteiger partial charge on any atom is 0.226 e. The van der Waals surface area contributed by atoms with Crippen molar-refractivity contribution >= 4 is 0 Å². The summed E-state index contributed by atoms with van der Waals surface area (Å²) >= 11 is 0. The van der Waals surface area contributed by atoms with Crippen LogP contribution in [0.1, 0.15) is 57.7 Å². The number of nitrogens with zero attached hydrogens (tertiary/aromatic N) is 4. The van der Waals surface area contributed by atoms with E-state index in [0.29, 0.717) is 5.92 Å². The summed E-state index contributed by atoms with van der Waals surface area (Å²) in [7, 11) is 2.19. The van der Waals surface area contributed by atoms with Gasteiger partial charge < -0.3 is 9.42 Å². The average molecular weight is 320 g/mol. The van der Waals surface area contributed by atoms with Crippen LogP contribution in [0.3, 0.4) is 0 Å². The van der Waals surface area contributed by atoms with Crippen molar-refractivity contribution in [2.45, 2.75) is 65.0 Å². The fraction of sp³-hybridized carbons (Fsp3) is 0.889. The van der Waals surface area contributed by atoms with Crippen LogP contribution in [-0.2, 0) is 13.0 Å². The average Bonchev–Trinajstić information content (AvgIpc) is 2.93. The third-order valence-corrected chi connectivity index (χ3v) is 5.28. The van der Waals surface area contributed by atoms with Crippen molar-refractivity contribution in [3.8, 4) is 0 Å². The quantitative estimate of drug-likeness (QED) is 0.806. The smallest absolute Gasteiger partial charge is 0.226 e. The van der Waals surface area contributed by atoms with Crippen LogP contribution in [0.2, 0.25) is 0 Å². The van der Waals surface area contributed by atoms with Crippen molar-refractivity contribution < 1.29 is 4.52 Å². The third-order valence-electron chi connectivity index (χ3n) is 5.28. The van der Waals surface area contributed by atoms with E-state index in [1.54, 1.807) is 0 Å². The van der Waals surface area contributed by atoms with Crippen molar-refractivity contribution in [3.63, 3.8) is 0 Å². The van der Waals surface area contributed by atoms with E-state index >= 15 is 0 Å². The molecule has 0 amide bonds. The second-order valence-electron chi connectivity index (χ2n) is 7.90. The number of aromatic nitrogens is 2. The van der Waals surface area contributed by atoms with Crippen molar-refractivity contribution in [1.82, 2.24) is 19.9 Å². The SMILES string of the molecule is CC(C)Cc1nc(CN(C)C[C@@H]2CCCN3CCCC[C@H]23)no1. The molecule has 0 aromatic carbocycles. The summed E-state index contributed by atoms with van der Waals surface area (Å²) in [6.45, 7) is 8.92. The van der Waals surface area contributed by atoms with Gasteiger partial charge in [0, 0.05) is 19.0 Å². The summed E-state index contributed by atoms with van der Waals surface area (Å²) in [5, 5.41) is 4.15. The molecule has 2 aliphatic rings. The van der Waals surface area contributed by atoms with Crippen LogP contribution < -0.4 is 0 Å². The fourth-order valence-corrected chi connectivity index (χ4v) is 4.28. The molecule has 1 aromatic heterocycles. The molecule has 0 unspecified atom stereocenters. The van der Waals surface area contributed by atoms with Crippen LogP contribution in [-0.4, -0.2) is 52.7 Å². The summed E-state index contributed by atoms with van der Waals surface area (Å²) in [5.41, 5.74) is 0. The van der Waals surface area contributed by atoms with E-state index in [4.69, 9.17) is 4.52 Å². The zero-order chi connectivity index (χ0) is 16.2. The molecular weight excluding hydrogens is 288 g/mol. The highest BCUT2D eigenvalue weighted by molar-refractivity contribution is 4.90. The van der Waals surface area contributed by atoms with Crippen molar-refractivity contribution in [3.05, 3.63) is 11.7 Å². The molecule has 0 aliphatic carbocycles. The van der Waals surface area contributed by atoms with Crippen LogP contribution in [0.25, 0.3) is 0 Å². The Morgan fingerprint density at radius 3 is 2.87 bits per heavy atom. The van der Waals surface area contributed by atoms with Gasteiger partial charge in [0.1, 0.15) is 0 Å². The Labute approximate surface area is 140 Å². The molecule has 2 saturated heterocycles. The third kappa shape index (κ3) is 4.54. The molecule has 130 valence electrons. The van der Waals surface area contributed by atoms with Gasteiger partial charge in [0.2, 0.25) is 5.89 Å². The van der Waals surface area contributed by atoms with Gasteiger partial charge in [0.05, 0.1) is 6.54 Å². The molecule has 2 aliphatic heterocycles. The molecule has 5 heteroatoms. The highest BCUT2D eigenvalue weighted by Gasteiger charge is 2.33. The molecule has 1 aromatic rings. The number of hydrogen-bond donors (Lipinski definition) is 0. The molecule has 0 radical (unpaired) electrons. The van der Waals surface area contributed by atoms with Gasteiger partial charge in [-0.15, -0.1) is 0 Å². The minimum atomic E-state index is 0.556. The first-order chi connectivity index (χ1) is 11.1. The Balaban J connectivity index is 1.52. The largest absolute Gasteiger partial charge is 0.339 e. The maximum atomic E-state index is 5.36. The molecule has 23 heavy (non-hydrogen) atoms. The normalized spacial score (nSPS) is 26.0. The molecule has 0 saturated carbocycles. The zero-order valence-electron chi connectivity index (χ0n) is 15.0. The Bertz CT molecular complexity index is 485. The van der Waals surface area contributed by atoms with Crippen molar-refractivity contribution in [1.29, 1.82) is 0 Å². The highest BCUT2D eigenvalue weighted by atomic mass is 16.5. The van der Waals surface area contributed by atoms with Gasteiger partial charge in [-0.3, -0.25) is 4.90 Å². The van der Waals surface area contributed by atoms with E-state index in [1.165, 1.54) is 45.2 Å². The van der Waals surface area contributed by atoms with E-state index < -0.39 is 0 Å². The van der Waals surface area contributed by atoms with E-state index in [-0.39, 0.29) is 0 Å². The topological polar surface area (TPSA) is 45.4 Å². The van der Waals surface area contributed by atoms with Gasteiger partial charge in [-0.05, 0) is 57.7 Å². The van der Waals surface area contributed by atoms with Gasteiger partial charge in [-0.1, -0.05) is 25.4 Å². The lowest BCUT2D eigenvalue weighted by Crippen LogP contribution is -2.50. The summed E-state index contributed by atoms with van der Waals surface area (Å²) in [5.74, 6) is 2.97. The lowest BCUT2D eigenvalue weighted by atomic mass is 9.83. The first-order valence-corrected chi connectivity index (χ1v) is 9.36. The maximum absolute atomic E-state index is 5.36. The lowest BCUT2D eigenvalue weighted by molar-refractivity contribution is 0.0430. The second kappa shape index (κ2) is 7.75. The minimum absolute atomic E-state index is 0.556. The number of fused-ring (bicyclic) bond motifs is 1. The Hall–Kier alpha value is -0.940. The standard InChI is InChI=1S/C18H32N4O/c1-14(2)11-18-19-17(20-23-18)13-21(3)12-15-7-6-10-22-9-5-4-8-16(15)22/h14-16H,4-13H2,1-3H3/t15-,16+/m0/s1. The van der Waals surface area contributed by atoms with E-state index in [2.05, 4.69) is 40.8 Å². The van der Waals surface area contributed by atoms with Crippen LogP contribution >= 0.6 is 0 Å². The monoisotopic (exact) mass is 320 g/mol. The van der Waals surface area contributed by atoms with Gasteiger partial charge in [-0.2, -0.15) is 4.98 Å². The first-order valence-electron chi connectivity index (χ1n) is 9.36. The van der Waals surface area contributed by atoms with Crippen LogP contribution in [0, 0.1) is 11.8 Å². The Morgan fingerprint density at radius 2 is 2.04 bits per heavy atom. The van der Waals surface area contributed by atoms with Gasteiger partial charge in [-0.25, -0.2) is 0 Å².